The molecule has 0 aliphatic carbocycles. The van der Waals surface area contributed by atoms with E-state index < -0.39 is 24.4 Å². The molecule has 0 saturated carbocycles. The van der Waals surface area contributed by atoms with E-state index in [2.05, 4.69) is 14.7 Å². The van der Waals surface area contributed by atoms with Crippen molar-refractivity contribution in [2.45, 2.75) is 19.7 Å². The molecule has 0 radical (unpaired) electrons. The molecule has 0 N–H and O–H groups in total. The Hall–Kier alpha value is -3.43. The largest absolute Gasteiger partial charge is 0.473 e. The molecule has 0 fully saturated rings. The minimum atomic E-state index is -4.49. The van der Waals surface area contributed by atoms with Crippen molar-refractivity contribution in [1.82, 2.24) is 9.97 Å². The summed E-state index contributed by atoms with van der Waals surface area (Å²) in [5, 5.41) is 0. The third-order valence-electron chi connectivity index (χ3n) is 3.61. The molecule has 10 heteroatoms. The first-order chi connectivity index (χ1) is 14.2. The molecule has 0 atom stereocenters. The predicted molar refractivity (Wildman–Crippen MR) is 95.5 cm³/mol. The van der Waals surface area contributed by atoms with Crippen LogP contribution in [-0.2, 0) is 6.61 Å². The van der Waals surface area contributed by atoms with Gasteiger partial charge in [0.15, 0.2) is 18.2 Å². The van der Waals surface area contributed by atoms with Crippen LogP contribution in [0.15, 0.2) is 48.7 Å². The van der Waals surface area contributed by atoms with Crippen molar-refractivity contribution in [3.63, 3.8) is 0 Å². The van der Waals surface area contributed by atoms with Crippen LogP contribution in [0.25, 0.3) is 0 Å². The summed E-state index contributed by atoms with van der Waals surface area (Å²) in [6.07, 6.45) is -3.26. The van der Waals surface area contributed by atoms with Gasteiger partial charge >= 0.3 is 6.18 Å². The quantitative estimate of drug-likeness (QED) is 0.475. The number of aryl methyl sites for hydroxylation is 1. The van der Waals surface area contributed by atoms with Crippen LogP contribution < -0.4 is 14.2 Å². The summed E-state index contributed by atoms with van der Waals surface area (Å²) in [6.45, 7) is 0.218. The van der Waals surface area contributed by atoms with Gasteiger partial charge in [0.2, 0.25) is 17.6 Å². The van der Waals surface area contributed by atoms with Gasteiger partial charge in [-0.15, -0.1) is 0 Å². The van der Waals surface area contributed by atoms with Crippen LogP contribution in [0, 0.1) is 18.6 Å². The van der Waals surface area contributed by atoms with Gasteiger partial charge in [-0.05, 0) is 36.2 Å². The zero-order valence-corrected chi connectivity index (χ0v) is 15.5. The highest BCUT2D eigenvalue weighted by atomic mass is 19.4. The van der Waals surface area contributed by atoms with Crippen LogP contribution in [0.5, 0.6) is 23.4 Å². The molecule has 0 amide bonds. The van der Waals surface area contributed by atoms with Gasteiger partial charge < -0.3 is 14.2 Å². The third kappa shape index (κ3) is 6.29. The van der Waals surface area contributed by atoms with Crippen molar-refractivity contribution in [2.24, 2.45) is 0 Å². The van der Waals surface area contributed by atoms with Gasteiger partial charge in [0.1, 0.15) is 12.4 Å². The third-order valence-corrected chi connectivity index (χ3v) is 3.61. The van der Waals surface area contributed by atoms with Gasteiger partial charge in [0.25, 0.3) is 0 Å². The van der Waals surface area contributed by atoms with E-state index >= 15 is 0 Å². The van der Waals surface area contributed by atoms with Gasteiger partial charge in [-0.3, -0.25) is 0 Å². The number of alkyl halides is 3. The van der Waals surface area contributed by atoms with Crippen LogP contribution >= 0.6 is 0 Å². The second-order valence-corrected chi connectivity index (χ2v) is 6.19. The summed E-state index contributed by atoms with van der Waals surface area (Å²) in [6, 6.07) is 9.20. The number of aromatic nitrogens is 2. The summed E-state index contributed by atoms with van der Waals surface area (Å²) >= 11 is 0. The van der Waals surface area contributed by atoms with E-state index in [0.717, 1.165) is 17.7 Å². The minimum absolute atomic E-state index is 0.0578. The van der Waals surface area contributed by atoms with Gasteiger partial charge in [-0.25, -0.2) is 13.8 Å². The fourth-order valence-corrected chi connectivity index (χ4v) is 2.33. The SMILES string of the molecule is Cc1cc(OCc2ccc(F)c(F)c2)nc(Oc2ccnc(OCC(F)(F)F)c2)c1. The second kappa shape index (κ2) is 8.93. The zero-order chi connectivity index (χ0) is 21.7. The molecular weight excluding hydrogens is 411 g/mol. The predicted octanol–water partition coefficient (Wildman–Crippen LogP) is 5.38. The number of rotatable bonds is 7. The molecule has 1 aromatic carbocycles. The molecule has 0 spiro atoms. The van der Waals surface area contributed by atoms with Crippen molar-refractivity contribution < 1.29 is 36.2 Å². The molecule has 3 aromatic rings. The standard InChI is InChI=1S/C20H15F5N2O3/c1-12-6-18(28-10-13-2-3-15(21)16(22)8-13)27-19(7-12)30-14-4-5-26-17(9-14)29-11-20(23,24)25/h2-9H,10-11H2,1H3. The fourth-order valence-electron chi connectivity index (χ4n) is 2.33. The number of benzene rings is 1. The van der Waals surface area contributed by atoms with Crippen molar-refractivity contribution >= 4 is 0 Å². The molecule has 158 valence electrons. The lowest BCUT2D eigenvalue weighted by atomic mass is 10.2. The van der Waals surface area contributed by atoms with E-state index in [0.29, 0.717) is 5.56 Å². The lowest BCUT2D eigenvalue weighted by Crippen LogP contribution is -2.19. The molecular formula is C20H15F5N2O3. The Balaban J connectivity index is 1.68. The van der Waals surface area contributed by atoms with Crippen molar-refractivity contribution in [1.29, 1.82) is 0 Å². The van der Waals surface area contributed by atoms with E-state index in [9.17, 15) is 22.0 Å². The molecule has 3 rings (SSSR count). The Labute approximate surface area is 168 Å². The summed E-state index contributed by atoms with van der Waals surface area (Å²) in [7, 11) is 0. The molecule has 30 heavy (non-hydrogen) atoms. The first kappa shape index (κ1) is 21.3. The Morgan fingerprint density at radius 1 is 0.867 bits per heavy atom. The van der Waals surface area contributed by atoms with Gasteiger partial charge in [0.05, 0.1) is 0 Å². The van der Waals surface area contributed by atoms with Crippen molar-refractivity contribution in [3.8, 4) is 23.4 Å². The molecule has 0 bridgehead atoms. The van der Waals surface area contributed by atoms with Gasteiger partial charge in [-0.1, -0.05) is 6.07 Å². The monoisotopic (exact) mass is 426 g/mol. The van der Waals surface area contributed by atoms with E-state index in [-0.39, 0.29) is 30.0 Å². The molecule has 0 aliphatic rings. The Morgan fingerprint density at radius 3 is 2.37 bits per heavy atom. The van der Waals surface area contributed by atoms with E-state index in [1.54, 1.807) is 19.1 Å². The minimum Gasteiger partial charge on any atom is -0.473 e. The Kier molecular flexibility index (Phi) is 6.34. The summed E-state index contributed by atoms with van der Waals surface area (Å²) in [4.78, 5) is 7.84. The lowest BCUT2D eigenvalue weighted by molar-refractivity contribution is -0.154. The molecule has 2 heterocycles. The van der Waals surface area contributed by atoms with E-state index in [4.69, 9.17) is 9.47 Å². The maximum absolute atomic E-state index is 13.3. The van der Waals surface area contributed by atoms with Crippen molar-refractivity contribution in [3.05, 3.63) is 71.4 Å². The van der Waals surface area contributed by atoms with Crippen LogP contribution in [0.1, 0.15) is 11.1 Å². The van der Waals surface area contributed by atoms with Gasteiger partial charge in [0, 0.05) is 24.4 Å². The topological polar surface area (TPSA) is 53.5 Å². The fraction of sp³-hybridized carbons (Fsp3) is 0.200. The van der Waals surface area contributed by atoms with Crippen LogP contribution in [0.2, 0.25) is 0 Å². The number of nitrogens with zero attached hydrogens (tertiary/aromatic N) is 2. The summed E-state index contributed by atoms with van der Waals surface area (Å²) in [5.74, 6) is -1.77. The molecule has 5 nitrogen and oxygen atoms in total. The van der Waals surface area contributed by atoms with Gasteiger partial charge in [-0.2, -0.15) is 18.2 Å². The molecule has 0 saturated heterocycles. The normalized spacial score (nSPS) is 11.3. The number of pyridine rings is 2. The van der Waals surface area contributed by atoms with E-state index in [1.165, 1.54) is 24.4 Å². The van der Waals surface area contributed by atoms with Crippen LogP contribution in [0.3, 0.4) is 0 Å². The van der Waals surface area contributed by atoms with Crippen LogP contribution in [-0.4, -0.2) is 22.8 Å². The maximum atomic E-state index is 13.3. The summed E-state index contributed by atoms with van der Waals surface area (Å²) < 4.78 is 78.7. The smallest absolute Gasteiger partial charge is 0.422 e. The summed E-state index contributed by atoms with van der Waals surface area (Å²) in [5.41, 5.74) is 1.13. The highest BCUT2D eigenvalue weighted by molar-refractivity contribution is 5.33. The Morgan fingerprint density at radius 2 is 1.63 bits per heavy atom. The zero-order valence-electron chi connectivity index (χ0n) is 15.5. The highest BCUT2D eigenvalue weighted by Gasteiger charge is 2.28. The molecule has 2 aromatic heterocycles. The second-order valence-electron chi connectivity index (χ2n) is 6.19. The highest BCUT2D eigenvalue weighted by Crippen LogP contribution is 2.26. The first-order valence-electron chi connectivity index (χ1n) is 8.57. The lowest BCUT2D eigenvalue weighted by Gasteiger charge is -2.11. The number of halogens is 5. The maximum Gasteiger partial charge on any atom is 0.422 e. The van der Waals surface area contributed by atoms with E-state index in [1.807, 2.05) is 0 Å². The Bertz CT molecular complexity index is 1030. The number of ether oxygens (including phenoxy) is 3. The van der Waals surface area contributed by atoms with Crippen LogP contribution in [0.4, 0.5) is 22.0 Å². The molecule has 0 unspecified atom stereocenters. The molecule has 0 aliphatic heterocycles. The number of hydrogen-bond acceptors (Lipinski definition) is 5. The number of hydrogen-bond donors (Lipinski definition) is 0. The average Bonchev–Trinajstić information content (AvgIpc) is 2.67. The first-order valence-corrected chi connectivity index (χ1v) is 8.57. The van der Waals surface area contributed by atoms with Crippen molar-refractivity contribution in [2.75, 3.05) is 6.61 Å². The average molecular weight is 426 g/mol.